The van der Waals surface area contributed by atoms with Crippen LogP contribution >= 0.6 is 0 Å². The Morgan fingerprint density at radius 1 is 1.35 bits per heavy atom. The SMILES string of the molecule is NCc1cn(C[C@@H]2CCCN(C(=O)NCCc3ccc(F)cc3)C2)nn1. The van der Waals surface area contributed by atoms with Gasteiger partial charge in [0.25, 0.3) is 0 Å². The van der Waals surface area contributed by atoms with Crippen LogP contribution in [0.3, 0.4) is 0 Å². The molecule has 1 atom stereocenters. The number of carbonyl (C=O) groups is 1. The maximum atomic E-state index is 12.9. The largest absolute Gasteiger partial charge is 0.338 e. The zero-order valence-corrected chi connectivity index (χ0v) is 14.8. The summed E-state index contributed by atoms with van der Waals surface area (Å²) < 4.78 is 14.7. The van der Waals surface area contributed by atoms with E-state index in [2.05, 4.69) is 15.6 Å². The second-order valence-corrected chi connectivity index (χ2v) is 6.70. The Hall–Kier alpha value is -2.48. The predicted octanol–water partition coefficient (Wildman–Crippen LogP) is 1.54. The van der Waals surface area contributed by atoms with Gasteiger partial charge in [-0.1, -0.05) is 17.3 Å². The average molecular weight is 360 g/mol. The highest BCUT2D eigenvalue weighted by Gasteiger charge is 2.24. The van der Waals surface area contributed by atoms with Crippen LogP contribution in [0.15, 0.2) is 30.5 Å². The highest BCUT2D eigenvalue weighted by Crippen LogP contribution is 2.18. The second-order valence-electron chi connectivity index (χ2n) is 6.70. The minimum Gasteiger partial charge on any atom is -0.338 e. The van der Waals surface area contributed by atoms with Crippen LogP contribution in [0, 0.1) is 11.7 Å². The van der Waals surface area contributed by atoms with Crippen molar-refractivity contribution in [2.24, 2.45) is 11.7 Å². The molecule has 1 aliphatic heterocycles. The highest BCUT2D eigenvalue weighted by atomic mass is 19.1. The van der Waals surface area contributed by atoms with E-state index in [4.69, 9.17) is 5.73 Å². The summed E-state index contributed by atoms with van der Waals surface area (Å²) in [5, 5.41) is 11.0. The number of urea groups is 1. The first-order valence-corrected chi connectivity index (χ1v) is 9.00. The number of piperidine rings is 1. The molecule has 0 aliphatic carbocycles. The summed E-state index contributed by atoms with van der Waals surface area (Å²) in [6, 6.07) is 6.32. The number of amides is 2. The van der Waals surface area contributed by atoms with Gasteiger partial charge in [0.05, 0.1) is 5.69 Å². The lowest BCUT2D eigenvalue weighted by Crippen LogP contribution is -2.46. The molecule has 0 bridgehead atoms. The van der Waals surface area contributed by atoms with E-state index >= 15 is 0 Å². The summed E-state index contributed by atoms with van der Waals surface area (Å²) in [7, 11) is 0. The Kier molecular flexibility index (Phi) is 6.17. The highest BCUT2D eigenvalue weighted by molar-refractivity contribution is 5.74. The molecule has 2 aromatic rings. The number of hydrogen-bond acceptors (Lipinski definition) is 4. The lowest BCUT2D eigenvalue weighted by atomic mass is 9.98. The standard InChI is InChI=1S/C18H25FN6O/c19-16-5-3-14(4-6-16)7-8-21-18(26)24-9-1-2-15(11-24)12-25-13-17(10-20)22-23-25/h3-6,13,15H,1-2,7-12,20H2,(H,21,26)/t15-/m1/s1. The minimum absolute atomic E-state index is 0.0435. The summed E-state index contributed by atoms with van der Waals surface area (Å²) in [6.07, 6.45) is 4.59. The van der Waals surface area contributed by atoms with Crippen LogP contribution in [0.1, 0.15) is 24.1 Å². The molecule has 1 aliphatic rings. The van der Waals surface area contributed by atoms with Crippen molar-refractivity contribution in [1.29, 1.82) is 0 Å². The zero-order valence-electron chi connectivity index (χ0n) is 14.8. The van der Waals surface area contributed by atoms with Gasteiger partial charge in [-0.3, -0.25) is 4.68 Å². The van der Waals surface area contributed by atoms with Gasteiger partial charge in [0.15, 0.2) is 0 Å². The number of rotatable bonds is 6. The number of halogens is 1. The Morgan fingerprint density at radius 3 is 2.88 bits per heavy atom. The third-order valence-electron chi connectivity index (χ3n) is 4.65. The molecule has 2 amide bonds. The molecule has 8 heteroatoms. The van der Waals surface area contributed by atoms with Crippen LogP contribution in [0.2, 0.25) is 0 Å². The Labute approximate surface area is 152 Å². The molecule has 140 valence electrons. The summed E-state index contributed by atoms with van der Waals surface area (Å²) in [5.74, 6) is 0.113. The fourth-order valence-electron chi connectivity index (χ4n) is 3.26. The van der Waals surface area contributed by atoms with Crippen molar-refractivity contribution in [2.75, 3.05) is 19.6 Å². The Bertz CT molecular complexity index is 717. The van der Waals surface area contributed by atoms with Crippen LogP contribution in [-0.2, 0) is 19.5 Å². The number of nitrogens with zero attached hydrogens (tertiary/aromatic N) is 4. The van der Waals surface area contributed by atoms with E-state index in [1.54, 1.807) is 12.1 Å². The van der Waals surface area contributed by atoms with Crippen molar-refractivity contribution < 1.29 is 9.18 Å². The van der Waals surface area contributed by atoms with Crippen LogP contribution in [0.5, 0.6) is 0 Å². The van der Waals surface area contributed by atoms with E-state index in [0.717, 1.165) is 37.2 Å². The normalized spacial score (nSPS) is 17.3. The number of carbonyl (C=O) groups excluding carboxylic acids is 1. The molecule has 0 unspecified atom stereocenters. The van der Waals surface area contributed by atoms with Gasteiger partial charge in [-0.15, -0.1) is 5.10 Å². The predicted molar refractivity (Wildman–Crippen MR) is 95.7 cm³/mol. The number of hydrogen-bond donors (Lipinski definition) is 2. The topological polar surface area (TPSA) is 89.1 Å². The van der Waals surface area contributed by atoms with Gasteiger partial charge in [0.2, 0.25) is 0 Å². The van der Waals surface area contributed by atoms with E-state index in [0.29, 0.717) is 32.0 Å². The number of benzene rings is 1. The summed E-state index contributed by atoms with van der Waals surface area (Å²) in [5.41, 5.74) is 7.34. The molecule has 1 saturated heterocycles. The zero-order chi connectivity index (χ0) is 18.4. The first kappa shape index (κ1) is 18.3. The smallest absolute Gasteiger partial charge is 0.317 e. The van der Waals surface area contributed by atoms with Crippen molar-refractivity contribution in [1.82, 2.24) is 25.2 Å². The van der Waals surface area contributed by atoms with Gasteiger partial charge >= 0.3 is 6.03 Å². The lowest BCUT2D eigenvalue weighted by Gasteiger charge is -2.32. The Balaban J connectivity index is 1.44. The van der Waals surface area contributed by atoms with Gasteiger partial charge < -0.3 is 16.0 Å². The third-order valence-corrected chi connectivity index (χ3v) is 4.65. The van der Waals surface area contributed by atoms with Crippen molar-refractivity contribution in [2.45, 2.75) is 32.4 Å². The van der Waals surface area contributed by atoms with Gasteiger partial charge in [0.1, 0.15) is 5.82 Å². The molecular weight excluding hydrogens is 335 g/mol. The van der Waals surface area contributed by atoms with Gasteiger partial charge in [0, 0.05) is 38.9 Å². The molecule has 0 radical (unpaired) electrons. The first-order valence-electron chi connectivity index (χ1n) is 9.00. The first-order chi connectivity index (χ1) is 12.6. The average Bonchev–Trinajstić information content (AvgIpc) is 3.11. The number of nitrogens with one attached hydrogen (secondary N) is 1. The van der Waals surface area contributed by atoms with Crippen LogP contribution in [-0.4, -0.2) is 45.6 Å². The van der Waals surface area contributed by atoms with Gasteiger partial charge in [-0.25, -0.2) is 9.18 Å². The molecule has 1 aromatic carbocycles. The quantitative estimate of drug-likeness (QED) is 0.818. The fourth-order valence-corrected chi connectivity index (χ4v) is 3.26. The van der Waals surface area contributed by atoms with Crippen molar-refractivity contribution >= 4 is 6.03 Å². The Morgan fingerprint density at radius 2 is 2.15 bits per heavy atom. The van der Waals surface area contributed by atoms with Crippen LogP contribution < -0.4 is 11.1 Å². The van der Waals surface area contributed by atoms with Gasteiger partial charge in [-0.2, -0.15) is 0 Å². The van der Waals surface area contributed by atoms with E-state index in [1.807, 2.05) is 15.8 Å². The third kappa shape index (κ3) is 5.01. The number of nitrogens with two attached hydrogens (primary N) is 1. The number of likely N-dealkylation sites (tertiary alicyclic amines) is 1. The molecule has 3 rings (SSSR count). The molecule has 1 fully saturated rings. The molecule has 26 heavy (non-hydrogen) atoms. The maximum absolute atomic E-state index is 12.9. The minimum atomic E-state index is -0.247. The van der Waals surface area contributed by atoms with Crippen molar-refractivity contribution in [3.8, 4) is 0 Å². The maximum Gasteiger partial charge on any atom is 0.317 e. The number of aromatic nitrogens is 3. The van der Waals surface area contributed by atoms with Crippen molar-refractivity contribution in [3.63, 3.8) is 0 Å². The summed E-state index contributed by atoms with van der Waals surface area (Å²) in [6.45, 7) is 3.14. The molecule has 3 N–H and O–H groups in total. The molecule has 0 saturated carbocycles. The van der Waals surface area contributed by atoms with Crippen LogP contribution in [0.4, 0.5) is 9.18 Å². The van der Waals surface area contributed by atoms with E-state index < -0.39 is 0 Å². The molecular formula is C18H25FN6O. The van der Waals surface area contributed by atoms with E-state index in [9.17, 15) is 9.18 Å². The van der Waals surface area contributed by atoms with E-state index in [-0.39, 0.29) is 11.8 Å². The molecule has 0 spiro atoms. The molecule has 7 nitrogen and oxygen atoms in total. The van der Waals surface area contributed by atoms with Crippen LogP contribution in [0.25, 0.3) is 0 Å². The summed E-state index contributed by atoms with van der Waals surface area (Å²) in [4.78, 5) is 14.3. The summed E-state index contributed by atoms with van der Waals surface area (Å²) >= 11 is 0. The van der Waals surface area contributed by atoms with Crippen molar-refractivity contribution in [3.05, 3.63) is 47.5 Å². The molecule has 1 aromatic heterocycles. The fraction of sp³-hybridized carbons (Fsp3) is 0.500. The lowest BCUT2D eigenvalue weighted by molar-refractivity contribution is 0.157. The van der Waals surface area contributed by atoms with Gasteiger partial charge in [-0.05, 0) is 42.9 Å². The molecule has 2 heterocycles. The van der Waals surface area contributed by atoms with E-state index in [1.165, 1.54) is 12.1 Å². The second kappa shape index (κ2) is 8.75. The monoisotopic (exact) mass is 360 g/mol.